The standard InChI is InChI=1S/C20H17N3O5S/c1-3-28-19(27)17-12(2)23(13-7-5-4-6-8-13)20(29-17)22-21-18(26)15-11-14(24)9-10-16(15)25/h4-11H,3H2,1-2H3,(H,21,26)/b22-20+. The number of hydrogen-bond donors (Lipinski definition) is 1. The molecule has 2 aromatic rings. The van der Waals surface area contributed by atoms with E-state index in [2.05, 4.69) is 10.5 Å². The summed E-state index contributed by atoms with van der Waals surface area (Å²) in [7, 11) is 0. The number of rotatable bonds is 5. The van der Waals surface area contributed by atoms with Gasteiger partial charge in [0.1, 0.15) is 4.88 Å². The third-order valence-electron chi connectivity index (χ3n) is 3.97. The third-order valence-corrected chi connectivity index (χ3v) is 5.10. The zero-order valence-corrected chi connectivity index (χ0v) is 16.5. The molecule has 8 nitrogen and oxygen atoms in total. The summed E-state index contributed by atoms with van der Waals surface area (Å²) >= 11 is 1.04. The first-order chi connectivity index (χ1) is 13.9. The van der Waals surface area contributed by atoms with Crippen molar-refractivity contribution in [2.24, 2.45) is 5.10 Å². The van der Waals surface area contributed by atoms with Gasteiger partial charge in [0.2, 0.25) is 4.80 Å². The quantitative estimate of drug-likeness (QED) is 0.348. The topological polar surface area (TPSA) is 107 Å². The molecule has 0 unspecified atom stereocenters. The van der Waals surface area contributed by atoms with E-state index in [0.29, 0.717) is 15.4 Å². The number of carbonyl (C=O) groups is 4. The van der Waals surface area contributed by atoms with Crippen molar-refractivity contribution in [1.82, 2.24) is 9.99 Å². The van der Waals surface area contributed by atoms with Gasteiger partial charge in [-0.3, -0.25) is 19.0 Å². The lowest BCUT2D eigenvalue weighted by atomic mass is 10.0. The molecule has 9 heteroatoms. The molecule has 0 saturated carbocycles. The molecule has 0 bridgehead atoms. The molecule has 0 radical (unpaired) electrons. The van der Waals surface area contributed by atoms with Crippen molar-refractivity contribution in [3.05, 3.63) is 69.5 Å². The first kappa shape index (κ1) is 20.2. The number of esters is 1. The average molecular weight is 411 g/mol. The number of amides is 1. The summed E-state index contributed by atoms with van der Waals surface area (Å²) in [5.74, 6) is -2.34. The highest BCUT2D eigenvalue weighted by molar-refractivity contribution is 7.11. The van der Waals surface area contributed by atoms with Crippen LogP contribution in [0.2, 0.25) is 0 Å². The normalized spacial score (nSPS) is 14.0. The smallest absolute Gasteiger partial charge is 0.350 e. The van der Waals surface area contributed by atoms with Gasteiger partial charge in [0.05, 0.1) is 12.2 Å². The van der Waals surface area contributed by atoms with Crippen molar-refractivity contribution < 1.29 is 23.9 Å². The largest absolute Gasteiger partial charge is 0.462 e. The van der Waals surface area contributed by atoms with Gasteiger partial charge in [0.25, 0.3) is 5.91 Å². The van der Waals surface area contributed by atoms with Crippen LogP contribution in [0.15, 0.2) is 59.2 Å². The lowest BCUT2D eigenvalue weighted by Crippen LogP contribution is -2.29. The predicted octanol–water partition coefficient (Wildman–Crippen LogP) is 1.59. The lowest BCUT2D eigenvalue weighted by molar-refractivity contribution is -0.122. The first-order valence-corrected chi connectivity index (χ1v) is 9.51. The number of aromatic nitrogens is 1. The molecule has 1 N–H and O–H groups in total. The molecule has 1 aliphatic rings. The van der Waals surface area contributed by atoms with Gasteiger partial charge in [0.15, 0.2) is 11.6 Å². The Labute approximate surface area is 169 Å². The number of hydrogen-bond acceptors (Lipinski definition) is 7. The second kappa shape index (κ2) is 8.61. The Bertz CT molecular complexity index is 1120. The molecular weight excluding hydrogens is 394 g/mol. The maximum absolute atomic E-state index is 12.3. The maximum Gasteiger partial charge on any atom is 0.350 e. The number of thiazole rings is 1. The number of benzene rings is 1. The Balaban J connectivity index is 2.02. The Morgan fingerprint density at radius 3 is 2.59 bits per heavy atom. The molecular formula is C20H17N3O5S. The Morgan fingerprint density at radius 1 is 1.17 bits per heavy atom. The van der Waals surface area contributed by atoms with Gasteiger partial charge >= 0.3 is 5.97 Å². The van der Waals surface area contributed by atoms with E-state index in [1.807, 2.05) is 30.3 Å². The summed E-state index contributed by atoms with van der Waals surface area (Å²) in [5, 5.41) is 4.09. The van der Waals surface area contributed by atoms with Gasteiger partial charge in [-0.05, 0) is 38.1 Å². The molecule has 1 aromatic carbocycles. The van der Waals surface area contributed by atoms with E-state index >= 15 is 0 Å². The van der Waals surface area contributed by atoms with Crippen LogP contribution < -0.4 is 10.2 Å². The number of ketones is 2. The predicted molar refractivity (Wildman–Crippen MR) is 105 cm³/mol. The molecule has 1 amide bonds. The summed E-state index contributed by atoms with van der Waals surface area (Å²) in [4.78, 5) is 48.5. The number of nitrogens with one attached hydrogen (secondary N) is 1. The SMILES string of the molecule is CCOC(=O)c1s/c(=N/NC(=O)C2=CC(=O)C=CC2=O)n(-c2ccccc2)c1C. The monoisotopic (exact) mass is 411 g/mol. The minimum atomic E-state index is -0.809. The number of ether oxygens (including phenoxy) is 1. The number of para-hydroxylation sites is 1. The minimum absolute atomic E-state index is 0.225. The van der Waals surface area contributed by atoms with Gasteiger partial charge < -0.3 is 4.74 Å². The zero-order valence-electron chi connectivity index (χ0n) is 15.7. The third kappa shape index (κ3) is 4.30. The van der Waals surface area contributed by atoms with Crippen LogP contribution in [0, 0.1) is 6.92 Å². The highest BCUT2D eigenvalue weighted by Gasteiger charge is 2.22. The van der Waals surface area contributed by atoms with E-state index in [1.165, 1.54) is 0 Å². The second-order valence-electron chi connectivity index (χ2n) is 5.90. The van der Waals surface area contributed by atoms with Gasteiger partial charge in [-0.2, -0.15) is 0 Å². The van der Waals surface area contributed by atoms with Crippen LogP contribution in [-0.2, 0) is 19.1 Å². The van der Waals surface area contributed by atoms with Gasteiger partial charge in [-0.15, -0.1) is 5.10 Å². The van der Waals surface area contributed by atoms with Crippen LogP contribution in [0.4, 0.5) is 0 Å². The number of carbonyl (C=O) groups excluding carboxylic acids is 4. The Kier molecular flexibility index (Phi) is 5.99. The summed E-state index contributed by atoms with van der Waals surface area (Å²) < 4.78 is 6.78. The highest BCUT2D eigenvalue weighted by Crippen LogP contribution is 2.18. The van der Waals surface area contributed by atoms with E-state index in [1.54, 1.807) is 18.4 Å². The summed E-state index contributed by atoms with van der Waals surface area (Å²) in [6.45, 7) is 3.68. The fourth-order valence-electron chi connectivity index (χ4n) is 2.64. The van der Waals surface area contributed by atoms with E-state index < -0.39 is 23.4 Å². The summed E-state index contributed by atoms with van der Waals surface area (Å²) in [6, 6.07) is 9.16. The molecule has 0 fully saturated rings. The number of nitrogens with zero attached hydrogens (tertiary/aromatic N) is 2. The molecule has 0 aliphatic heterocycles. The van der Waals surface area contributed by atoms with Crippen molar-refractivity contribution >= 4 is 34.8 Å². The first-order valence-electron chi connectivity index (χ1n) is 8.69. The van der Waals surface area contributed by atoms with Crippen molar-refractivity contribution in [2.45, 2.75) is 13.8 Å². The number of allylic oxidation sites excluding steroid dienone is 3. The molecule has 148 valence electrons. The van der Waals surface area contributed by atoms with Crippen LogP contribution in [0.3, 0.4) is 0 Å². The van der Waals surface area contributed by atoms with Crippen molar-refractivity contribution in [1.29, 1.82) is 0 Å². The van der Waals surface area contributed by atoms with Gasteiger partial charge in [-0.1, -0.05) is 29.5 Å². The molecule has 0 spiro atoms. The van der Waals surface area contributed by atoms with Crippen LogP contribution in [-0.4, -0.2) is 34.6 Å². The van der Waals surface area contributed by atoms with E-state index in [4.69, 9.17) is 4.74 Å². The molecule has 3 rings (SSSR count). The molecule has 29 heavy (non-hydrogen) atoms. The highest BCUT2D eigenvalue weighted by atomic mass is 32.1. The molecule has 1 heterocycles. The van der Waals surface area contributed by atoms with Gasteiger partial charge in [-0.25, -0.2) is 10.2 Å². The van der Waals surface area contributed by atoms with Crippen LogP contribution >= 0.6 is 11.3 Å². The molecule has 0 atom stereocenters. The second-order valence-corrected chi connectivity index (χ2v) is 6.88. The van der Waals surface area contributed by atoms with Crippen LogP contribution in [0.5, 0.6) is 0 Å². The zero-order chi connectivity index (χ0) is 21.0. The van der Waals surface area contributed by atoms with Crippen molar-refractivity contribution in [2.75, 3.05) is 6.61 Å². The Hall–Kier alpha value is -3.59. The van der Waals surface area contributed by atoms with Crippen molar-refractivity contribution in [3.8, 4) is 5.69 Å². The molecule has 1 aromatic heterocycles. The fourth-order valence-corrected chi connectivity index (χ4v) is 3.63. The molecule has 1 aliphatic carbocycles. The van der Waals surface area contributed by atoms with Crippen molar-refractivity contribution in [3.63, 3.8) is 0 Å². The van der Waals surface area contributed by atoms with Crippen LogP contribution in [0.1, 0.15) is 22.3 Å². The van der Waals surface area contributed by atoms with E-state index in [0.717, 1.165) is 35.3 Å². The average Bonchev–Trinajstić information content (AvgIpc) is 3.05. The lowest BCUT2D eigenvalue weighted by Gasteiger charge is -2.07. The van der Waals surface area contributed by atoms with E-state index in [9.17, 15) is 19.2 Å². The summed E-state index contributed by atoms with van der Waals surface area (Å²) in [6.07, 6.45) is 3.09. The fraction of sp³-hybridized carbons (Fsp3) is 0.150. The minimum Gasteiger partial charge on any atom is -0.462 e. The summed E-state index contributed by atoms with van der Waals surface area (Å²) in [5.41, 5.74) is 3.32. The van der Waals surface area contributed by atoms with E-state index in [-0.39, 0.29) is 12.2 Å². The van der Waals surface area contributed by atoms with Gasteiger partial charge in [0, 0.05) is 17.5 Å². The Morgan fingerprint density at radius 2 is 1.90 bits per heavy atom. The molecule has 0 saturated heterocycles. The maximum atomic E-state index is 12.3. The van der Waals surface area contributed by atoms with Crippen LogP contribution in [0.25, 0.3) is 5.69 Å².